The van der Waals surface area contributed by atoms with Gasteiger partial charge < -0.3 is 24.8 Å². The summed E-state index contributed by atoms with van der Waals surface area (Å²) in [6.45, 7) is 6.51. The second kappa shape index (κ2) is 39.8. The molecule has 0 fully saturated rings. The first-order chi connectivity index (χ1) is 23.2. The zero-order chi connectivity index (χ0) is 33.9. The average Bonchev–Trinajstić information content (AvgIpc) is 3.07. The number of nitrogens with zero attached hydrogens (tertiary/aromatic N) is 1. The van der Waals surface area contributed by atoms with Gasteiger partial charge in [0.15, 0.2) is 12.4 Å². The number of hydrogen-bond donors (Lipinski definition) is 3. The van der Waals surface area contributed by atoms with Crippen molar-refractivity contribution in [1.82, 2.24) is 0 Å². The maximum absolute atomic E-state index is 5.51. The van der Waals surface area contributed by atoms with Gasteiger partial charge in [-0.1, -0.05) is 194 Å². The number of rotatable bonds is 36. The Balaban J connectivity index is 0. The molecular formula is C43H84Cl2N4. The SMILES string of the molecule is CCCCCCCCCCCCCCCCC(CCCCCCCCCCCCCCCC)c1cc[n+](CCCC[NH+]=C(N)N)cc1.[Cl-].[Cl-]. The van der Waals surface area contributed by atoms with Gasteiger partial charge in [0.1, 0.15) is 6.54 Å². The van der Waals surface area contributed by atoms with E-state index in [0.29, 0.717) is 5.96 Å². The molecule has 0 saturated carbocycles. The lowest BCUT2D eigenvalue weighted by molar-refractivity contribution is -0.697. The molecule has 1 heterocycles. The molecule has 0 aliphatic heterocycles. The minimum absolute atomic E-state index is 0. The first-order valence-corrected chi connectivity index (χ1v) is 21.3. The third-order valence-corrected chi connectivity index (χ3v) is 10.4. The average molecular weight is 728 g/mol. The number of nitrogens with two attached hydrogens (primary N) is 2. The normalized spacial score (nSPS) is 11.0. The highest BCUT2D eigenvalue weighted by molar-refractivity contribution is 5.69. The molecule has 0 aromatic carbocycles. The zero-order valence-corrected chi connectivity index (χ0v) is 34.3. The summed E-state index contributed by atoms with van der Waals surface area (Å²) in [6, 6.07) is 4.84. The van der Waals surface area contributed by atoms with Crippen LogP contribution in [0, 0.1) is 0 Å². The molecule has 1 aromatic rings. The predicted molar refractivity (Wildman–Crippen MR) is 208 cm³/mol. The quantitative estimate of drug-likeness (QED) is 0.0397. The van der Waals surface area contributed by atoms with Gasteiger partial charge in [-0.3, -0.25) is 16.5 Å². The van der Waals surface area contributed by atoms with E-state index < -0.39 is 0 Å². The number of hydrogen-bond acceptors (Lipinski definition) is 0. The summed E-state index contributed by atoms with van der Waals surface area (Å²) in [6.07, 6.45) is 49.8. The van der Waals surface area contributed by atoms with Gasteiger partial charge in [-0.05, 0) is 30.7 Å². The third-order valence-electron chi connectivity index (χ3n) is 10.4. The standard InChI is InChI=1S/C43H83N4.2ClH/c1-3-5-7-9-11-13-15-17-19-21-23-25-27-29-33-41(42-35-39-47(40-36-42)38-32-31-37-46-43(44)45)34-30-28-26-24-22-20-18-16-14-12-10-8-6-4-2;;/h35-36,39-41H,3-34,37-38H2,1-2H3,(H4,44,45,46);2*1H/q+1;;/p-1. The molecule has 1 rings (SSSR count). The molecule has 0 spiro atoms. The Kier molecular flexibility index (Phi) is 40.7. The van der Waals surface area contributed by atoms with Gasteiger partial charge >= 0.3 is 5.96 Å². The summed E-state index contributed by atoms with van der Waals surface area (Å²) in [5, 5.41) is 0. The molecule has 0 atom stereocenters. The molecule has 0 radical (unpaired) electrons. The van der Waals surface area contributed by atoms with Crippen LogP contribution in [0.5, 0.6) is 0 Å². The van der Waals surface area contributed by atoms with Crippen molar-refractivity contribution in [2.75, 3.05) is 6.54 Å². The van der Waals surface area contributed by atoms with Crippen LogP contribution in [0.1, 0.15) is 231 Å². The molecule has 0 bridgehead atoms. The van der Waals surface area contributed by atoms with Crippen LogP contribution in [0.3, 0.4) is 0 Å². The van der Waals surface area contributed by atoms with E-state index in [9.17, 15) is 0 Å². The van der Waals surface area contributed by atoms with E-state index in [-0.39, 0.29) is 24.8 Å². The second-order valence-electron chi connectivity index (χ2n) is 14.9. The van der Waals surface area contributed by atoms with Gasteiger partial charge in [0, 0.05) is 18.6 Å². The number of pyridine rings is 1. The van der Waals surface area contributed by atoms with Crippen LogP contribution in [0.15, 0.2) is 24.5 Å². The Morgan fingerprint density at radius 2 is 0.816 bits per heavy atom. The molecule has 0 amide bonds. The molecule has 49 heavy (non-hydrogen) atoms. The lowest BCUT2D eigenvalue weighted by Crippen LogP contribution is -3.00. The summed E-state index contributed by atoms with van der Waals surface area (Å²) in [5.74, 6) is 1.05. The summed E-state index contributed by atoms with van der Waals surface area (Å²) in [7, 11) is 0. The summed E-state index contributed by atoms with van der Waals surface area (Å²) >= 11 is 0. The monoisotopic (exact) mass is 727 g/mol. The van der Waals surface area contributed by atoms with Gasteiger partial charge in [-0.2, -0.15) is 0 Å². The molecule has 0 aliphatic carbocycles. The van der Waals surface area contributed by atoms with Crippen molar-refractivity contribution in [1.29, 1.82) is 0 Å². The highest BCUT2D eigenvalue weighted by Gasteiger charge is 2.13. The fourth-order valence-electron chi connectivity index (χ4n) is 7.19. The van der Waals surface area contributed by atoms with Crippen LogP contribution in [0.4, 0.5) is 0 Å². The number of unbranched alkanes of at least 4 members (excludes halogenated alkanes) is 27. The molecule has 1 aromatic heterocycles. The smallest absolute Gasteiger partial charge is 0.338 e. The maximum atomic E-state index is 5.51. The lowest BCUT2D eigenvalue weighted by Gasteiger charge is -2.17. The van der Waals surface area contributed by atoms with Crippen molar-refractivity contribution in [3.05, 3.63) is 30.1 Å². The minimum atomic E-state index is 0. The van der Waals surface area contributed by atoms with Crippen molar-refractivity contribution >= 4 is 5.96 Å². The van der Waals surface area contributed by atoms with E-state index in [1.807, 2.05) is 0 Å². The van der Waals surface area contributed by atoms with Crippen LogP contribution < -0.4 is 45.8 Å². The van der Waals surface area contributed by atoms with Crippen molar-refractivity contribution in [3.63, 3.8) is 0 Å². The molecule has 6 heteroatoms. The van der Waals surface area contributed by atoms with E-state index in [1.165, 1.54) is 193 Å². The van der Waals surface area contributed by atoms with E-state index in [4.69, 9.17) is 11.5 Å². The molecule has 5 N–H and O–H groups in total. The summed E-state index contributed by atoms with van der Waals surface area (Å²) in [4.78, 5) is 3.02. The second-order valence-corrected chi connectivity index (χ2v) is 14.9. The molecular weight excluding hydrogens is 643 g/mol. The largest absolute Gasteiger partial charge is 1.00 e. The number of aromatic nitrogens is 1. The Bertz CT molecular complexity index is 766. The van der Waals surface area contributed by atoms with Gasteiger partial charge in [0.2, 0.25) is 0 Å². The number of aryl methyl sites for hydroxylation is 1. The Hall–Kier alpha value is -1.00. The fraction of sp³-hybridized carbons (Fsp3) is 0.860. The van der Waals surface area contributed by atoms with Crippen molar-refractivity contribution < 1.29 is 34.4 Å². The Labute approximate surface area is 319 Å². The minimum Gasteiger partial charge on any atom is -1.00 e. The molecule has 290 valence electrons. The van der Waals surface area contributed by atoms with Crippen molar-refractivity contribution in [2.45, 2.75) is 232 Å². The van der Waals surface area contributed by atoms with E-state index in [0.717, 1.165) is 31.8 Å². The summed E-state index contributed by atoms with van der Waals surface area (Å²) < 4.78 is 2.34. The van der Waals surface area contributed by atoms with Crippen molar-refractivity contribution in [2.24, 2.45) is 11.5 Å². The number of nitrogens with one attached hydrogen (secondary N) is 1. The van der Waals surface area contributed by atoms with E-state index >= 15 is 0 Å². The van der Waals surface area contributed by atoms with Gasteiger partial charge in [-0.15, -0.1) is 0 Å². The van der Waals surface area contributed by atoms with Crippen LogP contribution in [-0.2, 0) is 6.54 Å². The first kappa shape index (κ1) is 50.1. The fourth-order valence-corrected chi connectivity index (χ4v) is 7.19. The van der Waals surface area contributed by atoms with E-state index in [2.05, 4.69) is 47.9 Å². The maximum Gasteiger partial charge on any atom is 0.338 e. The summed E-state index contributed by atoms with van der Waals surface area (Å²) in [5.41, 5.74) is 12.6. The highest BCUT2D eigenvalue weighted by Crippen LogP contribution is 2.28. The Morgan fingerprint density at radius 1 is 0.490 bits per heavy atom. The van der Waals surface area contributed by atoms with Gasteiger partial charge in [0.05, 0.1) is 6.54 Å². The molecule has 4 nitrogen and oxygen atoms in total. The number of halogens is 2. The lowest BCUT2D eigenvalue weighted by atomic mass is 9.88. The predicted octanol–water partition coefficient (Wildman–Crippen LogP) is 4.94. The van der Waals surface area contributed by atoms with Crippen LogP contribution >= 0.6 is 0 Å². The topological polar surface area (TPSA) is 69.9 Å². The highest BCUT2D eigenvalue weighted by atomic mass is 35.5. The van der Waals surface area contributed by atoms with Gasteiger partial charge in [-0.25, -0.2) is 4.57 Å². The molecule has 0 unspecified atom stereocenters. The third kappa shape index (κ3) is 33.9. The van der Waals surface area contributed by atoms with Crippen LogP contribution in [0.2, 0.25) is 0 Å². The zero-order valence-electron chi connectivity index (χ0n) is 32.8. The van der Waals surface area contributed by atoms with E-state index in [1.54, 1.807) is 5.56 Å². The van der Waals surface area contributed by atoms with Crippen LogP contribution in [-0.4, -0.2) is 12.5 Å². The van der Waals surface area contributed by atoms with Crippen molar-refractivity contribution in [3.8, 4) is 0 Å². The molecule has 0 saturated heterocycles. The first-order valence-electron chi connectivity index (χ1n) is 21.3. The van der Waals surface area contributed by atoms with Gasteiger partial charge in [0.25, 0.3) is 0 Å². The van der Waals surface area contributed by atoms with Crippen LogP contribution in [0.25, 0.3) is 0 Å². The number of guanidine groups is 1. The Morgan fingerprint density at radius 3 is 1.14 bits per heavy atom. The molecule has 0 aliphatic rings.